The van der Waals surface area contributed by atoms with E-state index in [0.29, 0.717) is 11.1 Å². The third kappa shape index (κ3) is 3.90. The second kappa shape index (κ2) is 6.67. The van der Waals surface area contributed by atoms with Gasteiger partial charge < -0.3 is 10.2 Å². The Balaban J connectivity index is 1.99. The number of rotatable bonds is 4. The van der Waals surface area contributed by atoms with Crippen LogP contribution >= 0.6 is 0 Å². The van der Waals surface area contributed by atoms with Crippen molar-refractivity contribution in [3.05, 3.63) is 65.2 Å². The summed E-state index contributed by atoms with van der Waals surface area (Å²) in [6.45, 7) is 1.86. The number of aliphatic hydroxyl groups excluding tert-OH is 1. The highest BCUT2D eigenvalue weighted by Gasteiger charge is 2.15. The van der Waals surface area contributed by atoms with Gasteiger partial charge in [-0.05, 0) is 30.2 Å². The van der Waals surface area contributed by atoms with Crippen LogP contribution in [0.25, 0.3) is 0 Å². The maximum atomic E-state index is 11.7. The van der Waals surface area contributed by atoms with E-state index in [-0.39, 0.29) is 5.75 Å². The van der Waals surface area contributed by atoms with E-state index in [1.165, 1.54) is 6.21 Å². The van der Waals surface area contributed by atoms with E-state index >= 15 is 0 Å². The topological polar surface area (TPSA) is 81.9 Å². The first-order valence-electron chi connectivity index (χ1n) is 6.43. The number of carbonyl (C=O) groups is 1. The molecule has 2 aromatic carbocycles. The SMILES string of the molecule is Cc1ccc(/C=N/NC(=O)[C@H](O)c2ccccc2)c(O)c1. The van der Waals surface area contributed by atoms with Gasteiger partial charge in [0.1, 0.15) is 5.75 Å². The second-order valence-corrected chi connectivity index (χ2v) is 4.61. The smallest absolute Gasteiger partial charge is 0.273 e. The molecule has 0 radical (unpaired) electrons. The predicted molar refractivity (Wildman–Crippen MR) is 80.0 cm³/mol. The molecule has 0 saturated carbocycles. The third-order valence-electron chi connectivity index (χ3n) is 2.93. The van der Waals surface area contributed by atoms with E-state index in [1.807, 2.05) is 13.0 Å². The van der Waals surface area contributed by atoms with Crippen molar-refractivity contribution in [3.63, 3.8) is 0 Å². The van der Waals surface area contributed by atoms with Gasteiger partial charge in [0.2, 0.25) is 0 Å². The molecule has 2 aromatic rings. The molecule has 3 N–H and O–H groups in total. The Hall–Kier alpha value is -2.66. The molecular formula is C16H16N2O3. The predicted octanol–water partition coefficient (Wildman–Crippen LogP) is 1.88. The van der Waals surface area contributed by atoms with Crippen LogP contribution in [0.15, 0.2) is 53.6 Å². The minimum Gasteiger partial charge on any atom is -0.507 e. The number of aliphatic hydroxyl groups is 1. The summed E-state index contributed by atoms with van der Waals surface area (Å²) in [5.74, 6) is -0.555. The first kappa shape index (κ1) is 14.7. The number of aromatic hydroxyl groups is 1. The van der Waals surface area contributed by atoms with Gasteiger partial charge >= 0.3 is 0 Å². The van der Waals surface area contributed by atoms with Gasteiger partial charge in [-0.2, -0.15) is 5.10 Å². The van der Waals surface area contributed by atoms with Crippen LogP contribution in [-0.2, 0) is 4.79 Å². The minimum absolute atomic E-state index is 0.0802. The van der Waals surface area contributed by atoms with Crippen LogP contribution in [0, 0.1) is 6.92 Å². The number of nitrogens with one attached hydrogen (secondary N) is 1. The molecule has 5 nitrogen and oxygen atoms in total. The van der Waals surface area contributed by atoms with Crippen molar-refractivity contribution in [1.82, 2.24) is 5.43 Å². The summed E-state index contributed by atoms with van der Waals surface area (Å²) in [7, 11) is 0. The summed E-state index contributed by atoms with van der Waals surface area (Å²) in [5, 5.41) is 23.3. The number of aryl methyl sites for hydroxylation is 1. The van der Waals surface area contributed by atoms with Crippen molar-refractivity contribution in [2.24, 2.45) is 5.10 Å². The highest BCUT2D eigenvalue weighted by atomic mass is 16.3. The molecule has 0 aromatic heterocycles. The number of hydrogen-bond donors (Lipinski definition) is 3. The molecule has 0 aliphatic rings. The third-order valence-corrected chi connectivity index (χ3v) is 2.93. The maximum absolute atomic E-state index is 11.7. The van der Waals surface area contributed by atoms with Crippen LogP contribution in [0.3, 0.4) is 0 Å². The molecule has 0 spiro atoms. The lowest BCUT2D eigenvalue weighted by Crippen LogP contribution is -2.25. The zero-order valence-corrected chi connectivity index (χ0v) is 11.5. The molecule has 21 heavy (non-hydrogen) atoms. The number of benzene rings is 2. The normalized spacial score (nSPS) is 12.3. The zero-order valence-electron chi connectivity index (χ0n) is 11.5. The van der Waals surface area contributed by atoms with Crippen LogP contribution in [0.4, 0.5) is 0 Å². The molecule has 5 heteroatoms. The van der Waals surface area contributed by atoms with Gasteiger partial charge in [-0.3, -0.25) is 4.79 Å². The number of nitrogens with zero attached hydrogens (tertiary/aromatic N) is 1. The lowest BCUT2D eigenvalue weighted by molar-refractivity contribution is -0.129. The van der Waals surface area contributed by atoms with Gasteiger partial charge in [0, 0.05) is 5.56 Å². The van der Waals surface area contributed by atoms with Crippen LogP contribution in [-0.4, -0.2) is 22.3 Å². The van der Waals surface area contributed by atoms with Crippen molar-refractivity contribution in [3.8, 4) is 5.75 Å². The first-order valence-corrected chi connectivity index (χ1v) is 6.43. The molecule has 2 rings (SSSR count). The molecule has 1 atom stereocenters. The molecule has 0 heterocycles. The maximum Gasteiger partial charge on any atom is 0.273 e. The average molecular weight is 284 g/mol. The molecule has 0 fully saturated rings. The Bertz CT molecular complexity index is 654. The summed E-state index contributed by atoms with van der Waals surface area (Å²) in [6, 6.07) is 13.7. The van der Waals surface area contributed by atoms with E-state index in [0.717, 1.165) is 5.56 Å². The van der Waals surface area contributed by atoms with Crippen molar-refractivity contribution in [1.29, 1.82) is 0 Å². The fourth-order valence-corrected chi connectivity index (χ4v) is 1.78. The zero-order chi connectivity index (χ0) is 15.2. The number of phenolic OH excluding ortho intramolecular Hbond substituents is 1. The fraction of sp³-hybridized carbons (Fsp3) is 0.125. The number of amides is 1. The van der Waals surface area contributed by atoms with E-state index in [2.05, 4.69) is 10.5 Å². The number of hydrogen-bond acceptors (Lipinski definition) is 4. The van der Waals surface area contributed by atoms with Crippen LogP contribution in [0.2, 0.25) is 0 Å². The fourth-order valence-electron chi connectivity index (χ4n) is 1.78. The van der Waals surface area contributed by atoms with Crippen molar-refractivity contribution in [2.75, 3.05) is 0 Å². The Kier molecular flexibility index (Phi) is 4.68. The van der Waals surface area contributed by atoms with Crippen molar-refractivity contribution >= 4 is 12.1 Å². The summed E-state index contributed by atoms with van der Waals surface area (Å²) in [5.41, 5.74) is 4.14. The summed E-state index contributed by atoms with van der Waals surface area (Å²) in [6.07, 6.45) is 0.0414. The van der Waals surface area contributed by atoms with Gasteiger partial charge in [0.05, 0.1) is 6.21 Å². The number of carbonyl (C=O) groups excluding carboxylic acids is 1. The molecule has 1 amide bonds. The monoisotopic (exact) mass is 284 g/mol. The molecule has 0 aliphatic heterocycles. The number of phenols is 1. The Morgan fingerprint density at radius 2 is 1.95 bits per heavy atom. The second-order valence-electron chi connectivity index (χ2n) is 4.61. The highest BCUT2D eigenvalue weighted by Crippen LogP contribution is 2.16. The van der Waals surface area contributed by atoms with E-state index in [1.54, 1.807) is 42.5 Å². The van der Waals surface area contributed by atoms with Gasteiger partial charge in [0.25, 0.3) is 5.91 Å². The largest absolute Gasteiger partial charge is 0.507 e. The quantitative estimate of drug-likeness (QED) is 0.592. The van der Waals surface area contributed by atoms with E-state index in [4.69, 9.17) is 0 Å². The van der Waals surface area contributed by atoms with Gasteiger partial charge in [-0.1, -0.05) is 36.4 Å². The Labute approximate surface area is 122 Å². The van der Waals surface area contributed by atoms with Gasteiger partial charge in [-0.25, -0.2) is 5.43 Å². The highest BCUT2D eigenvalue weighted by molar-refractivity contribution is 5.86. The molecule has 108 valence electrons. The first-order chi connectivity index (χ1) is 10.1. The van der Waals surface area contributed by atoms with Crippen LogP contribution in [0.5, 0.6) is 5.75 Å². The van der Waals surface area contributed by atoms with Gasteiger partial charge in [-0.15, -0.1) is 0 Å². The lowest BCUT2D eigenvalue weighted by atomic mass is 10.1. The summed E-state index contributed by atoms with van der Waals surface area (Å²) >= 11 is 0. The summed E-state index contributed by atoms with van der Waals surface area (Å²) < 4.78 is 0. The van der Waals surface area contributed by atoms with Crippen LogP contribution < -0.4 is 5.43 Å². The van der Waals surface area contributed by atoms with Gasteiger partial charge in [0.15, 0.2) is 6.10 Å². The van der Waals surface area contributed by atoms with E-state index in [9.17, 15) is 15.0 Å². The summed E-state index contributed by atoms with van der Waals surface area (Å²) in [4.78, 5) is 11.7. The Morgan fingerprint density at radius 3 is 2.62 bits per heavy atom. The van der Waals surface area contributed by atoms with E-state index < -0.39 is 12.0 Å². The van der Waals surface area contributed by atoms with Crippen molar-refractivity contribution in [2.45, 2.75) is 13.0 Å². The molecule has 0 aliphatic carbocycles. The minimum atomic E-state index is -1.28. The lowest BCUT2D eigenvalue weighted by Gasteiger charge is -2.08. The Morgan fingerprint density at radius 1 is 1.24 bits per heavy atom. The molecule has 0 bridgehead atoms. The average Bonchev–Trinajstić information content (AvgIpc) is 2.49. The van der Waals surface area contributed by atoms with Crippen molar-refractivity contribution < 1.29 is 15.0 Å². The molecular weight excluding hydrogens is 268 g/mol. The van der Waals surface area contributed by atoms with Crippen LogP contribution in [0.1, 0.15) is 22.8 Å². The number of hydrazone groups is 1. The molecule has 0 saturated heterocycles. The molecule has 0 unspecified atom stereocenters. The standard InChI is InChI=1S/C16H16N2O3/c1-11-7-8-13(14(19)9-11)10-17-18-16(21)15(20)12-5-3-2-4-6-12/h2-10,15,19-20H,1H3,(H,18,21)/b17-10+/t15-/m1/s1.